The van der Waals surface area contributed by atoms with Gasteiger partial charge in [-0.05, 0) is 36.7 Å². The van der Waals surface area contributed by atoms with Gasteiger partial charge in [0, 0.05) is 42.0 Å². The van der Waals surface area contributed by atoms with E-state index in [4.69, 9.17) is 4.74 Å². The molecular weight excluding hydrogens is 420 g/mol. The number of morpholine rings is 1. The van der Waals surface area contributed by atoms with Crippen molar-refractivity contribution in [2.75, 3.05) is 39.4 Å². The molecule has 2 N–H and O–H groups in total. The largest absolute Gasteiger partial charge is 0.508 e. The minimum Gasteiger partial charge on any atom is -0.508 e. The minimum atomic E-state index is -0.196. The maximum atomic E-state index is 12.6. The summed E-state index contributed by atoms with van der Waals surface area (Å²) in [4.78, 5) is 15.0. The Kier molecular flexibility index (Phi) is 7.89. The topological polar surface area (TPSA) is 61.8 Å². The van der Waals surface area contributed by atoms with Gasteiger partial charge in [0.05, 0.1) is 13.2 Å². The SMILES string of the molecule is O=C(C[C@@H](c1ccccc1)c1cc(Br)ccc1O)NCCCN1CCOCC1. The number of ether oxygens (including phenoxy) is 1. The van der Waals surface area contributed by atoms with Gasteiger partial charge in [0.2, 0.25) is 5.91 Å². The van der Waals surface area contributed by atoms with E-state index in [0.29, 0.717) is 13.0 Å². The molecule has 1 heterocycles. The number of amides is 1. The molecule has 6 heteroatoms. The molecule has 1 aliphatic rings. The van der Waals surface area contributed by atoms with Crippen molar-refractivity contribution in [1.29, 1.82) is 0 Å². The van der Waals surface area contributed by atoms with Crippen LogP contribution in [0, 0.1) is 0 Å². The lowest BCUT2D eigenvalue weighted by atomic mass is 9.87. The molecule has 28 heavy (non-hydrogen) atoms. The van der Waals surface area contributed by atoms with Gasteiger partial charge in [-0.15, -0.1) is 0 Å². The lowest BCUT2D eigenvalue weighted by Crippen LogP contribution is -2.38. The molecule has 0 bridgehead atoms. The van der Waals surface area contributed by atoms with Gasteiger partial charge in [0.15, 0.2) is 0 Å². The average Bonchev–Trinajstić information content (AvgIpc) is 2.73. The number of phenolic OH excluding ortho intramolecular Hbond substituents is 1. The van der Waals surface area contributed by atoms with E-state index in [1.54, 1.807) is 12.1 Å². The highest BCUT2D eigenvalue weighted by molar-refractivity contribution is 9.10. The number of hydrogen-bond donors (Lipinski definition) is 2. The van der Waals surface area contributed by atoms with Crippen LogP contribution in [0.5, 0.6) is 5.75 Å². The summed E-state index contributed by atoms with van der Waals surface area (Å²) in [5, 5.41) is 13.4. The summed E-state index contributed by atoms with van der Waals surface area (Å²) in [7, 11) is 0. The summed E-state index contributed by atoms with van der Waals surface area (Å²) in [5.41, 5.74) is 1.77. The fourth-order valence-electron chi connectivity index (χ4n) is 3.51. The molecular formula is C22H27BrN2O3. The Hall–Kier alpha value is -1.89. The van der Waals surface area contributed by atoms with Crippen LogP contribution in [0.15, 0.2) is 53.0 Å². The first-order chi connectivity index (χ1) is 13.6. The number of nitrogens with zero attached hydrogens (tertiary/aromatic N) is 1. The van der Waals surface area contributed by atoms with Gasteiger partial charge in [-0.2, -0.15) is 0 Å². The van der Waals surface area contributed by atoms with Gasteiger partial charge in [-0.3, -0.25) is 9.69 Å². The highest BCUT2D eigenvalue weighted by atomic mass is 79.9. The summed E-state index contributed by atoms with van der Waals surface area (Å²) < 4.78 is 6.24. The number of halogens is 1. The molecule has 1 fully saturated rings. The van der Waals surface area contributed by atoms with Crippen LogP contribution in [0.2, 0.25) is 0 Å². The molecule has 0 saturated carbocycles. The second-order valence-electron chi connectivity index (χ2n) is 7.03. The van der Waals surface area contributed by atoms with Crippen molar-refractivity contribution in [2.24, 2.45) is 0 Å². The van der Waals surface area contributed by atoms with E-state index in [1.807, 2.05) is 36.4 Å². The molecule has 2 aromatic rings. The zero-order chi connectivity index (χ0) is 19.8. The number of hydrogen-bond acceptors (Lipinski definition) is 4. The van der Waals surface area contributed by atoms with Gasteiger partial charge < -0.3 is 15.2 Å². The normalized spacial score (nSPS) is 15.9. The predicted molar refractivity (Wildman–Crippen MR) is 114 cm³/mol. The highest BCUT2D eigenvalue weighted by Crippen LogP contribution is 2.35. The summed E-state index contributed by atoms with van der Waals surface area (Å²) in [6.07, 6.45) is 1.22. The first-order valence-corrected chi connectivity index (χ1v) is 10.5. The van der Waals surface area contributed by atoms with E-state index in [0.717, 1.165) is 54.9 Å². The monoisotopic (exact) mass is 446 g/mol. The van der Waals surface area contributed by atoms with Crippen molar-refractivity contribution in [3.63, 3.8) is 0 Å². The van der Waals surface area contributed by atoms with Crippen LogP contribution < -0.4 is 5.32 Å². The Labute approximate surface area is 174 Å². The van der Waals surface area contributed by atoms with Crippen LogP contribution in [-0.4, -0.2) is 55.3 Å². The molecule has 3 rings (SSSR count). The quantitative estimate of drug-likeness (QED) is 0.608. The molecule has 1 atom stereocenters. The van der Waals surface area contributed by atoms with Crippen molar-refractivity contribution >= 4 is 21.8 Å². The van der Waals surface area contributed by atoms with Gasteiger partial charge in [0.1, 0.15) is 5.75 Å². The molecule has 1 saturated heterocycles. The van der Waals surface area contributed by atoms with Crippen molar-refractivity contribution in [2.45, 2.75) is 18.8 Å². The molecule has 0 unspecified atom stereocenters. The number of carbonyl (C=O) groups excluding carboxylic acids is 1. The van der Waals surface area contributed by atoms with E-state index >= 15 is 0 Å². The van der Waals surface area contributed by atoms with Crippen molar-refractivity contribution in [3.05, 3.63) is 64.1 Å². The Morgan fingerprint density at radius 2 is 1.93 bits per heavy atom. The fraction of sp³-hybridized carbons (Fsp3) is 0.409. The molecule has 150 valence electrons. The van der Waals surface area contributed by atoms with Crippen LogP contribution in [-0.2, 0) is 9.53 Å². The van der Waals surface area contributed by atoms with Crippen molar-refractivity contribution in [1.82, 2.24) is 10.2 Å². The summed E-state index contributed by atoms with van der Waals surface area (Å²) in [6, 6.07) is 15.2. The summed E-state index contributed by atoms with van der Waals surface area (Å²) in [6.45, 7) is 5.14. The van der Waals surface area contributed by atoms with E-state index < -0.39 is 0 Å². The molecule has 1 amide bonds. The number of phenols is 1. The number of benzene rings is 2. The van der Waals surface area contributed by atoms with Crippen molar-refractivity contribution in [3.8, 4) is 5.75 Å². The average molecular weight is 447 g/mol. The number of aromatic hydroxyl groups is 1. The third kappa shape index (κ3) is 6.06. The van der Waals surface area contributed by atoms with Crippen LogP contribution in [0.3, 0.4) is 0 Å². The Bertz CT molecular complexity index is 764. The lowest BCUT2D eigenvalue weighted by Gasteiger charge is -2.26. The maximum absolute atomic E-state index is 12.6. The van der Waals surface area contributed by atoms with Crippen LogP contribution in [0.25, 0.3) is 0 Å². The van der Waals surface area contributed by atoms with E-state index in [-0.39, 0.29) is 17.6 Å². The lowest BCUT2D eigenvalue weighted by molar-refractivity contribution is -0.121. The Morgan fingerprint density at radius 3 is 2.68 bits per heavy atom. The zero-order valence-corrected chi connectivity index (χ0v) is 17.5. The second kappa shape index (κ2) is 10.6. The molecule has 0 aromatic heterocycles. The zero-order valence-electron chi connectivity index (χ0n) is 15.9. The Balaban J connectivity index is 1.59. The first-order valence-electron chi connectivity index (χ1n) is 9.73. The van der Waals surface area contributed by atoms with Gasteiger partial charge in [0.25, 0.3) is 0 Å². The predicted octanol–water partition coefficient (Wildman–Crippen LogP) is 3.52. The smallest absolute Gasteiger partial charge is 0.220 e. The van der Waals surface area contributed by atoms with E-state index in [2.05, 4.69) is 26.1 Å². The van der Waals surface area contributed by atoms with E-state index in [1.165, 1.54) is 0 Å². The van der Waals surface area contributed by atoms with Gasteiger partial charge in [-0.25, -0.2) is 0 Å². The number of rotatable bonds is 8. The molecule has 0 radical (unpaired) electrons. The summed E-state index contributed by atoms with van der Waals surface area (Å²) >= 11 is 3.47. The molecule has 5 nitrogen and oxygen atoms in total. The standard InChI is InChI=1S/C22H27BrN2O3/c23-18-7-8-21(26)20(15-18)19(17-5-2-1-3-6-17)16-22(27)24-9-4-10-25-11-13-28-14-12-25/h1-3,5-8,15,19,26H,4,9-14,16H2,(H,24,27)/t19-/m0/s1. The Morgan fingerprint density at radius 1 is 1.18 bits per heavy atom. The van der Waals surface area contributed by atoms with Crippen LogP contribution >= 0.6 is 15.9 Å². The van der Waals surface area contributed by atoms with Crippen LogP contribution in [0.1, 0.15) is 29.9 Å². The van der Waals surface area contributed by atoms with Crippen LogP contribution in [0.4, 0.5) is 0 Å². The second-order valence-corrected chi connectivity index (χ2v) is 7.94. The third-order valence-electron chi connectivity index (χ3n) is 5.03. The minimum absolute atomic E-state index is 0.00444. The molecule has 1 aliphatic heterocycles. The molecule has 0 aliphatic carbocycles. The highest BCUT2D eigenvalue weighted by Gasteiger charge is 2.21. The number of carbonyl (C=O) groups is 1. The maximum Gasteiger partial charge on any atom is 0.220 e. The van der Waals surface area contributed by atoms with E-state index in [9.17, 15) is 9.90 Å². The summed E-state index contributed by atoms with van der Waals surface area (Å²) in [5.74, 6) is 0.00493. The first kappa shape index (κ1) is 20.8. The van der Waals surface area contributed by atoms with Crippen molar-refractivity contribution < 1.29 is 14.6 Å². The molecule has 2 aromatic carbocycles. The fourth-order valence-corrected chi connectivity index (χ4v) is 3.89. The third-order valence-corrected chi connectivity index (χ3v) is 5.53. The van der Waals surface area contributed by atoms with Gasteiger partial charge in [-0.1, -0.05) is 46.3 Å². The number of nitrogens with one attached hydrogen (secondary N) is 1. The van der Waals surface area contributed by atoms with Gasteiger partial charge >= 0.3 is 0 Å². The molecule has 0 spiro atoms.